The minimum absolute atomic E-state index is 0.168. The van der Waals surface area contributed by atoms with E-state index >= 15 is 0 Å². The number of carbonyl (C=O) groups is 1. The molecule has 0 aliphatic heterocycles. The zero-order valence-corrected chi connectivity index (χ0v) is 12.4. The van der Waals surface area contributed by atoms with Crippen molar-refractivity contribution in [3.05, 3.63) is 66.0 Å². The van der Waals surface area contributed by atoms with Gasteiger partial charge in [-0.3, -0.25) is 4.79 Å². The highest BCUT2D eigenvalue weighted by Crippen LogP contribution is 2.32. The van der Waals surface area contributed by atoms with Crippen molar-refractivity contribution in [2.75, 3.05) is 0 Å². The largest absolute Gasteiger partial charge is 0.287 e. The van der Waals surface area contributed by atoms with Crippen LogP contribution in [0.1, 0.15) is 53.9 Å². The summed E-state index contributed by atoms with van der Waals surface area (Å²) >= 11 is 0. The molecule has 0 radical (unpaired) electrons. The Balaban J connectivity index is 1.67. The van der Waals surface area contributed by atoms with Crippen molar-refractivity contribution in [3.8, 4) is 0 Å². The minimum atomic E-state index is 0.168. The predicted molar refractivity (Wildman–Crippen MR) is 83.2 cm³/mol. The van der Waals surface area contributed by atoms with E-state index in [9.17, 15) is 4.79 Å². The number of nitrogens with zero attached hydrogens (tertiary/aromatic N) is 1. The van der Waals surface area contributed by atoms with Gasteiger partial charge in [-0.2, -0.15) is 4.57 Å². The predicted octanol–water partition coefficient (Wildman–Crippen LogP) is 3.90. The maximum Gasteiger partial charge on any atom is 0.227 e. The van der Waals surface area contributed by atoms with Crippen molar-refractivity contribution in [3.63, 3.8) is 0 Å². The number of rotatable bonds is 4. The highest BCUT2D eigenvalue weighted by Gasteiger charge is 2.16. The Morgan fingerprint density at radius 3 is 2.29 bits per heavy atom. The maximum atomic E-state index is 12.3. The zero-order chi connectivity index (χ0) is 14.5. The summed E-state index contributed by atoms with van der Waals surface area (Å²) in [6.07, 6.45) is 10.5. The van der Waals surface area contributed by atoms with E-state index in [0.29, 0.717) is 12.5 Å². The topological polar surface area (TPSA) is 20.9 Å². The number of hydrogen-bond acceptors (Lipinski definition) is 1. The third-order valence-corrected chi connectivity index (χ3v) is 4.41. The second-order valence-corrected chi connectivity index (χ2v) is 5.93. The third-order valence-electron chi connectivity index (χ3n) is 4.41. The van der Waals surface area contributed by atoms with E-state index in [2.05, 4.69) is 12.1 Å². The molecule has 1 aromatic carbocycles. The molecule has 1 saturated carbocycles. The molecule has 1 heterocycles. The van der Waals surface area contributed by atoms with Gasteiger partial charge in [-0.15, -0.1) is 0 Å². The van der Waals surface area contributed by atoms with E-state index in [4.69, 9.17) is 0 Å². The number of hydrogen-bond donors (Lipinski definition) is 0. The second-order valence-electron chi connectivity index (χ2n) is 5.93. The fraction of sp³-hybridized carbons (Fsp3) is 0.368. The molecule has 0 N–H and O–H groups in total. The molecule has 2 aromatic rings. The van der Waals surface area contributed by atoms with Gasteiger partial charge in [0.25, 0.3) is 0 Å². The molecule has 3 rings (SSSR count). The van der Waals surface area contributed by atoms with Gasteiger partial charge < -0.3 is 0 Å². The third kappa shape index (κ3) is 3.57. The lowest BCUT2D eigenvalue weighted by Gasteiger charge is -2.21. The molecule has 2 heteroatoms. The lowest BCUT2D eigenvalue weighted by Crippen LogP contribution is -2.36. The molecule has 0 saturated heterocycles. The molecule has 1 aliphatic rings. The highest BCUT2D eigenvalue weighted by atomic mass is 16.1. The van der Waals surface area contributed by atoms with Crippen molar-refractivity contribution < 1.29 is 9.36 Å². The second kappa shape index (κ2) is 6.66. The van der Waals surface area contributed by atoms with Crippen LogP contribution in [0.4, 0.5) is 0 Å². The van der Waals surface area contributed by atoms with Crippen LogP contribution in [0.5, 0.6) is 0 Å². The van der Waals surface area contributed by atoms with Crippen molar-refractivity contribution >= 4 is 5.78 Å². The summed E-state index contributed by atoms with van der Waals surface area (Å²) in [6, 6.07) is 14.1. The summed E-state index contributed by atoms with van der Waals surface area (Å²) in [6.45, 7) is 0.406. The van der Waals surface area contributed by atoms with E-state index in [1.165, 1.54) is 37.7 Å². The van der Waals surface area contributed by atoms with Crippen LogP contribution in [-0.2, 0) is 6.54 Å². The molecule has 0 unspecified atom stereocenters. The molecule has 0 amide bonds. The monoisotopic (exact) mass is 280 g/mol. The average Bonchev–Trinajstić information content (AvgIpc) is 2.57. The highest BCUT2D eigenvalue weighted by molar-refractivity contribution is 5.95. The van der Waals surface area contributed by atoms with Gasteiger partial charge >= 0.3 is 0 Å². The first-order chi connectivity index (χ1) is 10.3. The lowest BCUT2D eigenvalue weighted by atomic mass is 9.84. The van der Waals surface area contributed by atoms with Crippen molar-refractivity contribution in [1.82, 2.24) is 0 Å². The summed E-state index contributed by atoms with van der Waals surface area (Å²) in [4.78, 5) is 12.3. The molecular weight excluding hydrogens is 258 g/mol. The first-order valence-electron chi connectivity index (χ1n) is 7.90. The molecule has 2 nitrogen and oxygen atoms in total. The summed E-state index contributed by atoms with van der Waals surface area (Å²) in [5.41, 5.74) is 2.21. The van der Waals surface area contributed by atoms with Gasteiger partial charge in [-0.1, -0.05) is 49.6 Å². The van der Waals surface area contributed by atoms with Gasteiger partial charge in [0.2, 0.25) is 12.3 Å². The normalized spacial score (nSPS) is 15.8. The van der Waals surface area contributed by atoms with Gasteiger partial charge in [0.15, 0.2) is 12.4 Å². The molecule has 0 bridgehead atoms. The smallest absolute Gasteiger partial charge is 0.227 e. The first-order valence-corrected chi connectivity index (χ1v) is 7.90. The Morgan fingerprint density at radius 2 is 1.62 bits per heavy atom. The fourth-order valence-electron chi connectivity index (χ4n) is 3.17. The summed E-state index contributed by atoms with van der Waals surface area (Å²) in [5, 5.41) is 0. The Bertz CT molecular complexity index is 583. The molecule has 1 aromatic heterocycles. The zero-order valence-electron chi connectivity index (χ0n) is 12.4. The quantitative estimate of drug-likeness (QED) is 0.614. The van der Waals surface area contributed by atoms with Crippen LogP contribution in [0, 0.1) is 0 Å². The van der Waals surface area contributed by atoms with Crippen LogP contribution in [0.2, 0.25) is 0 Å². The van der Waals surface area contributed by atoms with E-state index < -0.39 is 0 Å². The first kappa shape index (κ1) is 14.0. The molecule has 1 aliphatic carbocycles. The Morgan fingerprint density at radius 1 is 0.952 bits per heavy atom. The number of Topliss-reactive ketones (excluding diaryl/α,β-unsaturated/α-hetero) is 1. The van der Waals surface area contributed by atoms with Crippen molar-refractivity contribution in [1.29, 1.82) is 0 Å². The van der Waals surface area contributed by atoms with Crippen molar-refractivity contribution in [2.24, 2.45) is 0 Å². The molecular formula is C19H22NO+. The number of aromatic nitrogens is 1. The molecule has 21 heavy (non-hydrogen) atoms. The summed E-state index contributed by atoms with van der Waals surface area (Å²) in [7, 11) is 0. The van der Waals surface area contributed by atoms with Gasteiger partial charge in [-0.05, 0) is 24.3 Å². The standard InChI is InChI=1S/C19H22NO/c21-19(15-20-13-5-2-6-14-20)18-11-9-17(10-12-18)16-7-3-1-4-8-16/h2,5-6,9-14,16H,1,3-4,7-8,15H2/q+1. The fourth-order valence-corrected chi connectivity index (χ4v) is 3.17. The molecule has 0 spiro atoms. The lowest BCUT2D eigenvalue weighted by molar-refractivity contribution is -0.683. The Hall–Kier alpha value is -1.96. The van der Waals surface area contributed by atoms with Crippen LogP contribution in [-0.4, -0.2) is 5.78 Å². The minimum Gasteiger partial charge on any atom is -0.287 e. The van der Waals surface area contributed by atoms with Crippen LogP contribution in [0.15, 0.2) is 54.9 Å². The van der Waals surface area contributed by atoms with E-state index in [-0.39, 0.29) is 5.78 Å². The van der Waals surface area contributed by atoms with E-state index in [0.717, 1.165) is 5.56 Å². The molecule has 108 valence electrons. The van der Waals surface area contributed by atoms with Crippen molar-refractivity contribution in [2.45, 2.75) is 44.6 Å². The van der Waals surface area contributed by atoms with Gasteiger partial charge in [0.1, 0.15) is 0 Å². The average molecular weight is 280 g/mol. The summed E-state index contributed by atoms with van der Waals surface area (Å²) < 4.78 is 1.91. The Labute approximate surface area is 126 Å². The van der Waals surface area contributed by atoms with Gasteiger partial charge in [0, 0.05) is 17.7 Å². The maximum absolute atomic E-state index is 12.3. The Kier molecular flexibility index (Phi) is 4.44. The molecule has 1 fully saturated rings. The van der Waals surface area contributed by atoms with Crippen LogP contribution >= 0.6 is 0 Å². The number of ketones is 1. The van der Waals surface area contributed by atoms with Crippen LogP contribution in [0.25, 0.3) is 0 Å². The number of carbonyl (C=O) groups excluding carboxylic acids is 1. The van der Waals surface area contributed by atoms with Crippen LogP contribution < -0.4 is 4.57 Å². The SMILES string of the molecule is O=C(C[n+]1ccccc1)c1ccc(C2CCCCC2)cc1. The van der Waals surface area contributed by atoms with Crippen LogP contribution in [0.3, 0.4) is 0 Å². The number of benzene rings is 1. The van der Waals surface area contributed by atoms with E-state index in [1.807, 2.05) is 47.3 Å². The summed E-state index contributed by atoms with van der Waals surface area (Å²) in [5.74, 6) is 0.868. The van der Waals surface area contributed by atoms with Gasteiger partial charge in [0.05, 0.1) is 0 Å². The molecule has 0 atom stereocenters. The number of pyridine rings is 1. The van der Waals surface area contributed by atoms with E-state index in [1.54, 1.807) is 0 Å². The van der Waals surface area contributed by atoms with Gasteiger partial charge in [-0.25, -0.2) is 0 Å².